The third-order valence-electron chi connectivity index (χ3n) is 9.42. The summed E-state index contributed by atoms with van der Waals surface area (Å²) in [5.74, 6) is 2.54. The predicted molar refractivity (Wildman–Crippen MR) is 225 cm³/mol. The zero-order valence-electron chi connectivity index (χ0n) is 29.7. The fourth-order valence-corrected chi connectivity index (χ4v) is 9.27. The van der Waals surface area contributed by atoms with Crippen molar-refractivity contribution in [3.63, 3.8) is 0 Å². The highest BCUT2D eigenvalue weighted by Gasteiger charge is 2.45. The first kappa shape index (κ1) is 37.6. The monoisotopic (exact) mass is 774 g/mol. The molecule has 6 aromatic rings. The van der Waals surface area contributed by atoms with Gasteiger partial charge in [-0.2, -0.15) is 0 Å². The molecule has 0 saturated heterocycles. The molecular formula is C45H42O4S4. The van der Waals surface area contributed by atoms with Gasteiger partial charge in [0, 0.05) is 31.1 Å². The molecule has 0 spiro atoms. The fourth-order valence-electron chi connectivity index (χ4n) is 6.84. The van der Waals surface area contributed by atoms with Crippen LogP contribution in [0.2, 0.25) is 0 Å². The molecule has 0 amide bonds. The van der Waals surface area contributed by atoms with E-state index in [1.54, 1.807) is 47.0 Å². The number of aliphatic hydroxyl groups excluding tert-OH is 2. The number of hydrogen-bond donors (Lipinski definition) is 2. The molecule has 0 fully saturated rings. The van der Waals surface area contributed by atoms with Gasteiger partial charge in [-0.15, -0.1) is 47.0 Å². The first-order valence-corrected chi connectivity index (χ1v) is 22.0. The van der Waals surface area contributed by atoms with Crippen LogP contribution in [0.4, 0.5) is 0 Å². The zero-order valence-corrected chi connectivity index (χ0v) is 32.9. The Morgan fingerprint density at radius 1 is 0.472 bits per heavy atom. The SMILES string of the molecule is CSc1ccc(SCC(O)COc2ccc(C3(c4ccc(OCC(O)CSc5ccc(SC)cc5)cc4)c4ccccc4-c4ccccc43)cc2)cc1. The van der Waals surface area contributed by atoms with Crippen LogP contribution >= 0.6 is 47.0 Å². The molecule has 2 atom stereocenters. The second-order valence-corrected chi connectivity index (χ2v) is 16.7. The van der Waals surface area contributed by atoms with E-state index in [2.05, 4.69) is 134 Å². The Morgan fingerprint density at radius 3 is 1.21 bits per heavy atom. The summed E-state index contributed by atoms with van der Waals surface area (Å²) < 4.78 is 12.2. The van der Waals surface area contributed by atoms with Crippen molar-refractivity contribution in [1.29, 1.82) is 0 Å². The molecule has 2 unspecified atom stereocenters. The van der Waals surface area contributed by atoms with Gasteiger partial charge in [0.05, 0.1) is 17.6 Å². The van der Waals surface area contributed by atoms with Gasteiger partial charge in [0.2, 0.25) is 0 Å². The lowest BCUT2D eigenvalue weighted by Crippen LogP contribution is -2.28. The van der Waals surface area contributed by atoms with Gasteiger partial charge in [-0.3, -0.25) is 0 Å². The lowest BCUT2D eigenvalue weighted by Gasteiger charge is -2.34. The minimum Gasteiger partial charge on any atom is -0.491 e. The molecule has 1 aliphatic rings. The van der Waals surface area contributed by atoms with Crippen LogP contribution < -0.4 is 9.47 Å². The van der Waals surface area contributed by atoms with Gasteiger partial charge in [-0.05, 0) is 119 Å². The Bertz CT molecular complexity index is 1930. The summed E-state index contributed by atoms with van der Waals surface area (Å²) in [7, 11) is 0. The summed E-state index contributed by atoms with van der Waals surface area (Å²) in [4.78, 5) is 4.72. The third kappa shape index (κ3) is 8.49. The Balaban J connectivity index is 1.07. The van der Waals surface area contributed by atoms with E-state index in [1.807, 2.05) is 24.3 Å². The molecule has 0 heterocycles. The summed E-state index contributed by atoms with van der Waals surface area (Å²) in [6.07, 6.45) is 2.94. The number of fused-ring (bicyclic) bond motifs is 3. The molecule has 2 N–H and O–H groups in total. The Morgan fingerprint density at radius 2 is 0.830 bits per heavy atom. The topological polar surface area (TPSA) is 58.9 Å². The molecule has 0 aromatic heterocycles. The van der Waals surface area contributed by atoms with Crippen LogP contribution in [0.15, 0.2) is 165 Å². The van der Waals surface area contributed by atoms with Crippen molar-refractivity contribution in [2.75, 3.05) is 37.2 Å². The van der Waals surface area contributed by atoms with Crippen molar-refractivity contribution in [2.45, 2.75) is 37.2 Å². The number of rotatable bonds is 16. The van der Waals surface area contributed by atoms with Gasteiger partial charge < -0.3 is 19.7 Å². The number of aliphatic hydroxyl groups is 2. The van der Waals surface area contributed by atoms with Crippen LogP contribution in [0.5, 0.6) is 11.5 Å². The van der Waals surface area contributed by atoms with Crippen molar-refractivity contribution < 1.29 is 19.7 Å². The Kier molecular flexibility index (Phi) is 12.5. The molecule has 1 aliphatic carbocycles. The molecule has 8 heteroatoms. The first-order valence-electron chi connectivity index (χ1n) is 17.5. The zero-order chi connectivity index (χ0) is 36.6. The largest absolute Gasteiger partial charge is 0.491 e. The summed E-state index contributed by atoms with van der Waals surface area (Å²) in [5.41, 5.74) is 6.57. The Hall–Kier alpha value is -3.76. The van der Waals surface area contributed by atoms with E-state index in [1.165, 1.54) is 32.0 Å². The van der Waals surface area contributed by atoms with Gasteiger partial charge in [-0.25, -0.2) is 0 Å². The molecule has 0 saturated carbocycles. The maximum atomic E-state index is 10.7. The van der Waals surface area contributed by atoms with E-state index < -0.39 is 17.6 Å². The molecule has 7 rings (SSSR count). The van der Waals surface area contributed by atoms with Crippen molar-refractivity contribution in [3.8, 4) is 22.6 Å². The molecule has 53 heavy (non-hydrogen) atoms. The molecule has 270 valence electrons. The molecule has 0 radical (unpaired) electrons. The van der Waals surface area contributed by atoms with Crippen molar-refractivity contribution in [1.82, 2.24) is 0 Å². The van der Waals surface area contributed by atoms with Crippen molar-refractivity contribution in [2.24, 2.45) is 0 Å². The second kappa shape index (κ2) is 17.6. The molecule has 0 bridgehead atoms. The summed E-state index contributed by atoms with van der Waals surface area (Å²) in [6.45, 7) is 0.429. The first-order chi connectivity index (χ1) is 26.0. The molecule has 6 aromatic carbocycles. The minimum absolute atomic E-state index is 0.214. The van der Waals surface area contributed by atoms with Crippen molar-refractivity contribution in [3.05, 3.63) is 168 Å². The Labute approximate surface area is 329 Å². The maximum absolute atomic E-state index is 10.7. The highest BCUT2D eigenvalue weighted by molar-refractivity contribution is 8.00. The van der Waals surface area contributed by atoms with Crippen LogP contribution in [0.1, 0.15) is 22.3 Å². The lowest BCUT2D eigenvalue weighted by atomic mass is 9.68. The summed E-state index contributed by atoms with van der Waals surface area (Å²) in [5, 5.41) is 21.4. The molecule has 4 nitrogen and oxygen atoms in total. The number of hydrogen-bond acceptors (Lipinski definition) is 8. The summed E-state index contributed by atoms with van der Waals surface area (Å²) >= 11 is 6.70. The van der Waals surface area contributed by atoms with Gasteiger partial charge >= 0.3 is 0 Å². The second-order valence-electron chi connectivity index (χ2n) is 12.8. The van der Waals surface area contributed by atoms with E-state index in [0.717, 1.165) is 20.9 Å². The number of ether oxygens (including phenoxy) is 2. The van der Waals surface area contributed by atoms with Gasteiger partial charge in [0.1, 0.15) is 24.7 Å². The highest BCUT2D eigenvalue weighted by Crippen LogP contribution is 2.56. The lowest BCUT2D eigenvalue weighted by molar-refractivity contribution is 0.126. The van der Waals surface area contributed by atoms with Gasteiger partial charge in [-0.1, -0.05) is 72.8 Å². The molecular weight excluding hydrogens is 733 g/mol. The average molecular weight is 775 g/mol. The summed E-state index contributed by atoms with van der Waals surface area (Å²) in [6, 6.07) is 50.7. The minimum atomic E-state index is -0.599. The maximum Gasteiger partial charge on any atom is 0.119 e. The number of benzene rings is 6. The van der Waals surface area contributed by atoms with Crippen molar-refractivity contribution >= 4 is 47.0 Å². The van der Waals surface area contributed by atoms with Crippen LogP contribution in [-0.4, -0.2) is 59.7 Å². The van der Waals surface area contributed by atoms with E-state index >= 15 is 0 Å². The van der Waals surface area contributed by atoms with Gasteiger partial charge in [0.15, 0.2) is 0 Å². The normalized spacial score (nSPS) is 13.9. The van der Waals surface area contributed by atoms with Crippen LogP contribution in [-0.2, 0) is 5.41 Å². The highest BCUT2D eigenvalue weighted by atomic mass is 32.2. The van der Waals surface area contributed by atoms with E-state index in [4.69, 9.17) is 9.47 Å². The smallest absolute Gasteiger partial charge is 0.119 e. The standard InChI is InChI=1S/C45H42O4S4/c1-50-37-19-23-39(24-20-37)52-29-33(46)27-48-35-15-11-31(12-16-35)45(43-9-5-3-7-41(43)42-8-4-6-10-44(42)45)32-13-17-36(18-14-32)49-28-34(47)30-53-40-25-21-38(51-2)22-26-40/h3-26,33-34,46-47H,27-30H2,1-2H3. The van der Waals surface area contributed by atoms with E-state index in [-0.39, 0.29) is 13.2 Å². The van der Waals surface area contributed by atoms with Gasteiger partial charge in [0.25, 0.3) is 0 Å². The fraction of sp³-hybridized carbons (Fsp3) is 0.200. The number of thioether (sulfide) groups is 4. The quantitative estimate of drug-likeness (QED) is 0.0942. The van der Waals surface area contributed by atoms with Crippen LogP contribution in [0.25, 0.3) is 11.1 Å². The average Bonchev–Trinajstić information content (AvgIpc) is 3.52. The van der Waals surface area contributed by atoms with Crippen LogP contribution in [0, 0.1) is 0 Å². The van der Waals surface area contributed by atoms with E-state index in [9.17, 15) is 10.2 Å². The molecule has 0 aliphatic heterocycles. The predicted octanol–water partition coefficient (Wildman–Crippen LogP) is 10.6. The van der Waals surface area contributed by atoms with Crippen LogP contribution in [0.3, 0.4) is 0 Å². The third-order valence-corrected chi connectivity index (χ3v) is 13.2. The van der Waals surface area contributed by atoms with E-state index in [0.29, 0.717) is 23.0 Å².